The van der Waals surface area contributed by atoms with E-state index in [1.54, 1.807) is 0 Å². The van der Waals surface area contributed by atoms with Crippen molar-refractivity contribution in [3.05, 3.63) is 35.9 Å². The van der Waals surface area contributed by atoms with Crippen molar-refractivity contribution in [2.24, 2.45) is 0 Å². The largest absolute Gasteiger partial charge is 0.393 e. The molecule has 14 heavy (non-hydrogen) atoms. The second kappa shape index (κ2) is 6.23. The Labute approximate surface area is 85.8 Å². The van der Waals surface area contributed by atoms with Gasteiger partial charge >= 0.3 is 0 Å². The van der Waals surface area contributed by atoms with E-state index in [0.29, 0.717) is 0 Å². The van der Waals surface area contributed by atoms with E-state index < -0.39 is 0 Å². The summed E-state index contributed by atoms with van der Waals surface area (Å²) in [7, 11) is 0. The van der Waals surface area contributed by atoms with Gasteiger partial charge in [0.1, 0.15) is 0 Å². The molecule has 0 aliphatic rings. The number of aliphatic hydroxyl groups excluding tert-OH is 1. The topological polar surface area (TPSA) is 20.2 Å². The first-order valence-electron chi connectivity index (χ1n) is 5.05. The molecule has 0 saturated heterocycles. The molecule has 1 heteroatoms. The summed E-state index contributed by atoms with van der Waals surface area (Å²) in [6.45, 7) is 1.98. The number of hydrogen-bond donors (Lipinski definition) is 1. The summed E-state index contributed by atoms with van der Waals surface area (Å²) < 4.78 is 0. The van der Waals surface area contributed by atoms with E-state index in [9.17, 15) is 5.11 Å². The Morgan fingerprint density at radius 3 is 2.64 bits per heavy atom. The van der Waals surface area contributed by atoms with Crippen LogP contribution in [-0.2, 0) is 0 Å². The van der Waals surface area contributed by atoms with Gasteiger partial charge in [0.2, 0.25) is 0 Å². The summed E-state index contributed by atoms with van der Waals surface area (Å²) in [5.74, 6) is 6.12. The third-order valence-electron chi connectivity index (χ3n) is 2.08. The van der Waals surface area contributed by atoms with Gasteiger partial charge in [-0.3, -0.25) is 0 Å². The first kappa shape index (κ1) is 10.8. The molecule has 0 fully saturated rings. The molecule has 1 atom stereocenters. The lowest BCUT2D eigenvalue weighted by atomic mass is 10.1. The molecule has 0 unspecified atom stereocenters. The van der Waals surface area contributed by atoms with E-state index in [1.165, 1.54) is 0 Å². The quantitative estimate of drug-likeness (QED) is 0.723. The third kappa shape index (κ3) is 4.11. The minimum atomic E-state index is -0.194. The van der Waals surface area contributed by atoms with Crippen LogP contribution in [0.15, 0.2) is 30.3 Å². The van der Waals surface area contributed by atoms with Crippen LogP contribution in [0.1, 0.15) is 31.7 Å². The van der Waals surface area contributed by atoms with E-state index >= 15 is 0 Å². The summed E-state index contributed by atoms with van der Waals surface area (Å²) in [6, 6.07) is 9.91. The zero-order valence-corrected chi connectivity index (χ0v) is 8.53. The molecule has 0 saturated carbocycles. The van der Waals surface area contributed by atoms with Crippen LogP contribution in [-0.4, -0.2) is 11.2 Å². The Morgan fingerprint density at radius 2 is 2.00 bits per heavy atom. The highest BCUT2D eigenvalue weighted by Crippen LogP contribution is 2.00. The average Bonchev–Trinajstić information content (AvgIpc) is 2.25. The van der Waals surface area contributed by atoms with Crippen molar-refractivity contribution < 1.29 is 5.11 Å². The molecule has 1 rings (SSSR count). The first-order valence-corrected chi connectivity index (χ1v) is 5.05. The van der Waals surface area contributed by atoms with Gasteiger partial charge in [-0.15, -0.1) is 0 Å². The fourth-order valence-electron chi connectivity index (χ4n) is 1.13. The van der Waals surface area contributed by atoms with Gasteiger partial charge in [0.05, 0.1) is 6.10 Å². The second-order valence-corrected chi connectivity index (χ2v) is 3.27. The van der Waals surface area contributed by atoms with Crippen molar-refractivity contribution in [3.63, 3.8) is 0 Å². The second-order valence-electron chi connectivity index (χ2n) is 3.27. The van der Waals surface area contributed by atoms with Gasteiger partial charge < -0.3 is 5.11 Å². The average molecular weight is 188 g/mol. The summed E-state index contributed by atoms with van der Waals surface area (Å²) >= 11 is 0. The number of benzene rings is 1. The first-order chi connectivity index (χ1) is 6.83. The van der Waals surface area contributed by atoms with Gasteiger partial charge in [-0.25, -0.2) is 0 Å². The summed E-state index contributed by atoms with van der Waals surface area (Å²) in [4.78, 5) is 0. The molecule has 74 valence electrons. The Balaban J connectivity index is 2.34. The summed E-state index contributed by atoms with van der Waals surface area (Å²) in [6.07, 6.45) is 2.16. The molecule has 0 aromatic heterocycles. The van der Waals surface area contributed by atoms with Gasteiger partial charge in [0.15, 0.2) is 0 Å². The predicted octanol–water partition coefficient (Wildman–Crippen LogP) is 2.59. The van der Waals surface area contributed by atoms with Crippen LogP contribution < -0.4 is 0 Å². The lowest BCUT2D eigenvalue weighted by molar-refractivity contribution is 0.162. The van der Waals surface area contributed by atoms with Gasteiger partial charge in [0.25, 0.3) is 0 Å². The molecule has 0 heterocycles. The maximum atomic E-state index is 9.29. The van der Waals surface area contributed by atoms with Gasteiger partial charge in [-0.2, -0.15) is 0 Å². The Kier molecular flexibility index (Phi) is 4.82. The molecule has 1 nitrogen and oxygen atoms in total. The van der Waals surface area contributed by atoms with Crippen molar-refractivity contribution in [1.29, 1.82) is 0 Å². The number of aliphatic hydroxyl groups is 1. The van der Waals surface area contributed by atoms with Crippen LogP contribution in [0.3, 0.4) is 0 Å². The summed E-state index contributed by atoms with van der Waals surface area (Å²) in [5.41, 5.74) is 1.04. The molecular weight excluding hydrogens is 172 g/mol. The highest BCUT2D eigenvalue weighted by atomic mass is 16.3. The van der Waals surface area contributed by atoms with Crippen LogP contribution in [0.25, 0.3) is 0 Å². The van der Waals surface area contributed by atoms with Crippen LogP contribution in [0.5, 0.6) is 0 Å². The maximum absolute atomic E-state index is 9.29. The van der Waals surface area contributed by atoms with E-state index in [4.69, 9.17) is 0 Å². The molecule has 0 bridgehead atoms. The molecule has 0 spiro atoms. The van der Waals surface area contributed by atoms with Crippen molar-refractivity contribution >= 4 is 0 Å². The van der Waals surface area contributed by atoms with Gasteiger partial charge in [-0.05, 0) is 25.0 Å². The van der Waals surface area contributed by atoms with Crippen molar-refractivity contribution in [2.75, 3.05) is 0 Å². The monoisotopic (exact) mass is 188 g/mol. The lowest BCUT2D eigenvalue weighted by Gasteiger charge is -2.02. The minimum absolute atomic E-state index is 0.194. The van der Waals surface area contributed by atoms with Crippen molar-refractivity contribution in [3.8, 4) is 11.8 Å². The highest BCUT2D eigenvalue weighted by molar-refractivity contribution is 5.33. The molecule has 1 aromatic rings. The van der Waals surface area contributed by atoms with Crippen molar-refractivity contribution in [1.82, 2.24) is 0 Å². The zero-order chi connectivity index (χ0) is 10.2. The Morgan fingerprint density at radius 1 is 1.29 bits per heavy atom. The Bertz CT molecular complexity index is 305. The fourth-order valence-corrected chi connectivity index (χ4v) is 1.13. The molecule has 1 aromatic carbocycles. The van der Waals surface area contributed by atoms with Crippen molar-refractivity contribution in [2.45, 2.75) is 32.3 Å². The fraction of sp³-hybridized carbons (Fsp3) is 0.385. The Hall–Kier alpha value is -1.26. The molecule has 1 N–H and O–H groups in total. The van der Waals surface area contributed by atoms with Crippen LogP contribution >= 0.6 is 0 Å². The summed E-state index contributed by atoms with van der Waals surface area (Å²) in [5, 5.41) is 9.29. The van der Waals surface area contributed by atoms with E-state index in [2.05, 4.69) is 11.8 Å². The van der Waals surface area contributed by atoms with Crippen LogP contribution in [0.4, 0.5) is 0 Å². The number of hydrogen-bond acceptors (Lipinski definition) is 1. The minimum Gasteiger partial charge on any atom is -0.393 e. The van der Waals surface area contributed by atoms with Gasteiger partial charge in [0, 0.05) is 12.0 Å². The van der Waals surface area contributed by atoms with E-state index in [1.807, 2.05) is 37.3 Å². The molecule has 0 radical (unpaired) electrons. The molecule has 0 aliphatic heterocycles. The molecular formula is C13H16O. The van der Waals surface area contributed by atoms with Crippen LogP contribution in [0, 0.1) is 11.8 Å². The highest BCUT2D eigenvalue weighted by Gasteiger charge is 1.96. The normalized spacial score (nSPS) is 11.6. The van der Waals surface area contributed by atoms with E-state index in [0.717, 1.165) is 24.8 Å². The molecule has 0 aliphatic carbocycles. The lowest BCUT2D eigenvalue weighted by Crippen LogP contribution is -2.02. The SMILES string of the molecule is CC[C@H](O)CCC#Cc1ccccc1. The standard InChI is InChI=1S/C13H16O/c1-2-13(14)11-7-6-10-12-8-4-3-5-9-12/h3-5,8-9,13-14H,2,7,11H2,1H3/t13-/m0/s1. The van der Waals surface area contributed by atoms with Crippen LogP contribution in [0.2, 0.25) is 0 Å². The third-order valence-corrected chi connectivity index (χ3v) is 2.08. The van der Waals surface area contributed by atoms with Gasteiger partial charge in [-0.1, -0.05) is 37.0 Å². The zero-order valence-electron chi connectivity index (χ0n) is 8.53. The maximum Gasteiger partial charge on any atom is 0.0546 e. The predicted molar refractivity (Wildman–Crippen MR) is 58.9 cm³/mol. The van der Waals surface area contributed by atoms with E-state index in [-0.39, 0.29) is 6.10 Å². The molecule has 0 amide bonds. The smallest absolute Gasteiger partial charge is 0.0546 e. The number of rotatable bonds is 3.